The Hall–Kier alpha value is -0.510. The van der Waals surface area contributed by atoms with Gasteiger partial charge in [0.15, 0.2) is 0 Å². The number of hydrogen-bond donors (Lipinski definition) is 2. The zero-order chi connectivity index (χ0) is 7.90. The Morgan fingerprint density at radius 3 is 2.73 bits per heavy atom. The third-order valence-corrected chi connectivity index (χ3v) is 2.76. The van der Waals surface area contributed by atoms with Crippen LogP contribution in [0.25, 0.3) is 0 Å². The molecule has 0 saturated carbocycles. The van der Waals surface area contributed by atoms with E-state index in [9.17, 15) is 10.2 Å². The third kappa shape index (κ3) is 1.27. The van der Waals surface area contributed by atoms with Gasteiger partial charge in [-0.1, -0.05) is 30.0 Å². The molecule has 1 heterocycles. The second-order valence-electron chi connectivity index (χ2n) is 2.63. The molecule has 0 saturated heterocycles. The van der Waals surface area contributed by atoms with E-state index in [-0.39, 0.29) is 0 Å². The van der Waals surface area contributed by atoms with Crippen LogP contribution in [0.5, 0.6) is 0 Å². The summed E-state index contributed by atoms with van der Waals surface area (Å²) >= 11 is 1.10. The molecular formula is C8H8O2S. The SMILES string of the molecule is OC1(O)Cc2ccccc2S1. The highest BCUT2D eigenvalue weighted by Gasteiger charge is 2.33. The van der Waals surface area contributed by atoms with Crippen molar-refractivity contribution in [1.82, 2.24) is 0 Å². The molecule has 1 aromatic carbocycles. The summed E-state index contributed by atoms with van der Waals surface area (Å²) in [7, 11) is 0. The summed E-state index contributed by atoms with van der Waals surface area (Å²) in [6.07, 6.45) is 0.327. The van der Waals surface area contributed by atoms with Gasteiger partial charge in [0.05, 0.1) is 0 Å². The highest BCUT2D eigenvalue weighted by atomic mass is 32.2. The van der Waals surface area contributed by atoms with Gasteiger partial charge in [-0.2, -0.15) is 0 Å². The summed E-state index contributed by atoms with van der Waals surface area (Å²) in [6, 6.07) is 7.61. The van der Waals surface area contributed by atoms with Gasteiger partial charge in [0.2, 0.25) is 5.12 Å². The second-order valence-corrected chi connectivity index (χ2v) is 3.93. The molecule has 0 amide bonds. The predicted molar refractivity (Wildman–Crippen MR) is 43.2 cm³/mol. The van der Waals surface area contributed by atoms with E-state index in [1.807, 2.05) is 24.3 Å². The van der Waals surface area contributed by atoms with Crippen molar-refractivity contribution in [2.45, 2.75) is 16.4 Å². The molecule has 3 heteroatoms. The van der Waals surface area contributed by atoms with Gasteiger partial charge in [0.25, 0.3) is 0 Å². The van der Waals surface area contributed by atoms with Crippen LogP contribution in [0.2, 0.25) is 0 Å². The highest BCUT2D eigenvalue weighted by Crippen LogP contribution is 2.41. The van der Waals surface area contributed by atoms with Gasteiger partial charge in [-0.3, -0.25) is 0 Å². The molecule has 1 aromatic rings. The van der Waals surface area contributed by atoms with E-state index >= 15 is 0 Å². The molecule has 2 rings (SSSR count). The van der Waals surface area contributed by atoms with E-state index < -0.39 is 5.12 Å². The van der Waals surface area contributed by atoms with Gasteiger partial charge in [-0.25, -0.2) is 0 Å². The molecular weight excluding hydrogens is 160 g/mol. The van der Waals surface area contributed by atoms with Gasteiger partial charge in [0.1, 0.15) is 0 Å². The smallest absolute Gasteiger partial charge is 0.221 e. The fourth-order valence-corrected chi connectivity index (χ4v) is 2.21. The maximum Gasteiger partial charge on any atom is 0.221 e. The molecule has 0 aliphatic carbocycles. The molecule has 0 spiro atoms. The fraction of sp³-hybridized carbons (Fsp3) is 0.250. The largest absolute Gasteiger partial charge is 0.357 e. The standard InChI is InChI=1S/C8H8O2S/c9-8(10)5-6-3-1-2-4-7(6)11-8/h1-4,9-10H,5H2. The Bertz CT molecular complexity index is 256. The van der Waals surface area contributed by atoms with Gasteiger partial charge in [0, 0.05) is 11.3 Å². The van der Waals surface area contributed by atoms with Crippen molar-refractivity contribution in [3.05, 3.63) is 29.8 Å². The molecule has 0 bridgehead atoms. The lowest BCUT2D eigenvalue weighted by Gasteiger charge is -2.10. The van der Waals surface area contributed by atoms with E-state index in [4.69, 9.17) is 0 Å². The topological polar surface area (TPSA) is 40.5 Å². The first-order valence-corrected chi connectivity index (χ1v) is 4.21. The van der Waals surface area contributed by atoms with Crippen molar-refractivity contribution < 1.29 is 10.2 Å². The van der Waals surface area contributed by atoms with Crippen molar-refractivity contribution in [2.24, 2.45) is 0 Å². The number of rotatable bonds is 0. The van der Waals surface area contributed by atoms with E-state index in [0.29, 0.717) is 6.42 Å². The zero-order valence-electron chi connectivity index (χ0n) is 5.82. The van der Waals surface area contributed by atoms with Crippen LogP contribution in [0.1, 0.15) is 5.56 Å². The summed E-state index contributed by atoms with van der Waals surface area (Å²) in [5.41, 5.74) is 1.02. The van der Waals surface area contributed by atoms with Crippen molar-refractivity contribution >= 4 is 11.8 Å². The Morgan fingerprint density at radius 1 is 1.27 bits per heavy atom. The maximum absolute atomic E-state index is 9.23. The lowest BCUT2D eigenvalue weighted by atomic mass is 10.1. The lowest BCUT2D eigenvalue weighted by molar-refractivity contribution is -0.0713. The van der Waals surface area contributed by atoms with Crippen molar-refractivity contribution in [2.75, 3.05) is 0 Å². The average Bonchev–Trinajstić information content (AvgIpc) is 2.21. The molecule has 0 atom stereocenters. The van der Waals surface area contributed by atoms with Crippen LogP contribution >= 0.6 is 11.8 Å². The second kappa shape index (κ2) is 2.24. The summed E-state index contributed by atoms with van der Waals surface area (Å²) in [5, 5.41) is 16.9. The molecule has 1 aliphatic heterocycles. The van der Waals surface area contributed by atoms with Crippen LogP contribution in [0.3, 0.4) is 0 Å². The highest BCUT2D eigenvalue weighted by molar-refractivity contribution is 8.00. The predicted octanol–water partition coefficient (Wildman–Crippen LogP) is 0.973. The number of benzene rings is 1. The number of hydrogen-bond acceptors (Lipinski definition) is 3. The molecule has 0 fully saturated rings. The Balaban J connectivity index is 2.41. The Kier molecular flexibility index (Phi) is 1.45. The van der Waals surface area contributed by atoms with E-state index in [0.717, 1.165) is 22.2 Å². The van der Waals surface area contributed by atoms with Gasteiger partial charge in [-0.05, 0) is 11.6 Å². The van der Waals surface area contributed by atoms with Crippen LogP contribution in [0, 0.1) is 0 Å². The third-order valence-electron chi connectivity index (χ3n) is 1.67. The average molecular weight is 168 g/mol. The molecule has 0 aromatic heterocycles. The van der Waals surface area contributed by atoms with Crippen LogP contribution in [0.4, 0.5) is 0 Å². The van der Waals surface area contributed by atoms with Crippen molar-refractivity contribution in [3.8, 4) is 0 Å². The summed E-state index contributed by atoms with van der Waals surface area (Å²) in [6.45, 7) is 0. The van der Waals surface area contributed by atoms with Crippen LogP contribution in [0.15, 0.2) is 29.2 Å². The number of fused-ring (bicyclic) bond motifs is 1. The number of thioether (sulfide) groups is 1. The minimum Gasteiger partial charge on any atom is -0.357 e. The van der Waals surface area contributed by atoms with Gasteiger partial charge >= 0.3 is 0 Å². The first-order chi connectivity index (χ1) is 5.17. The van der Waals surface area contributed by atoms with Crippen molar-refractivity contribution in [3.63, 3.8) is 0 Å². The first kappa shape index (κ1) is 7.16. The van der Waals surface area contributed by atoms with Gasteiger partial charge < -0.3 is 10.2 Å². The van der Waals surface area contributed by atoms with E-state index in [1.54, 1.807) is 0 Å². The lowest BCUT2D eigenvalue weighted by Crippen LogP contribution is -2.21. The molecule has 58 valence electrons. The van der Waals surface area contributed by atoms with Gasteiger partial charge in [-0.15, -0.1) is 0 Å². The first-order valence-electron chi connectivity index (χ1n) is 3.39. The van der Waals surface area contributed by atoms with Crippen molar-refractivity contribution in [1.29, 1.82) is 0 Å². The van der Waals surface area contributed by atoms with E-state index in [1.165, 1.54) is 0 Å². The van der Waals surface area contributed by atoms with E-state index in [2.05, 4.69) is 0 Å². The minimum atomic E-state index is -1.58. The Morgan fingerprint density at radius 2 is 2.00 bits per heavy atom. The normalized spacial score (nSPS) is 19.8. The molecule has 1 aliphatic rings. The van der Waals surface area contributed by atoms with Crippen LogP contribution < -0.4 is 0 Å². The molecule has 0 radical (unpaired) electrons. The van der Waals surface area contributed by atoms with Crippen LogP contribution in [-0.4, -0.2) is 15.3 Å². The monoisotopic (exact) mass is 168 g/mol. The molecule has 2 nitrogen and oxygen atoms in total. The number of aliphatic hydroxyl groups is 2. The quantitative estimate of drug-likeness (QED) is 0.567. The maximum atomic E-state index is 9.23. The minimum absolute atomic E-state index is 0.327. The summed E-state index contributed by atoms with van der Waals surface area (Å²) in [5.74, 6) is 0. The molecule has 2 N–H and O–H groups in total. The Labute approximate surface area is 68.9 Å². The molecule has 0 unspecified atom stereocenters. The van der Waals surface area contributed by atoms with Crippen LogP contribution in [-0.2, 0) is 6.42 Å². The zero-order valence-corrected chi connectivity index (χ0v) is 6.64. The summed E-state index contributed by atoms with van der Waals surface area (Å²) in [4.78, 5) is 0.970. The summed E-state index contributed by atoms with van der Waals surface area (Å²) < 4.78 is 0. The molecule has 11 heavy (non-hydrogen) atoms. The fourth-order valence-electron chi connectivity index (χ4n) is 1.21.